The van der Waals surface area contributed by atoms with E-state index in [0.29, 0.717) is 11.8 Å². The van der Waals surface area contributed by atoms with Crippen molar-refractivity contribution in [3.63, 3.8) is 0 Å². The number of hydrogen-bond donors (Lipinski definition) is 1. The maximum absolute atomic E-state index is 5.52. The maximum atomic E-state index is 5.52. The van der Waals surface area contributed by atoms with Crippen molar-refractivity contribution in [2.45, 2.75) is 53.1 Å². The number of morpholine rings is 1. The van der Waals surface area contributed by atoms with Crippen molar-refractivity contribution >= 4 is 17.1 Å². The van der Waals surface area contributed by atoms with E-state index in [0.717, 1.165) is 61.1 Å². The van der Waals surface area contributed by atoms with Gasteiger partial charge in [-0.15, -0.1) is 0 Å². The van der Waals surface area contributed by atoms with Crippen LogP contribution in [-0.2, 0) is 11.2 Å². The summed E-state index contributed by atoms with van der Waals surface area (Å²) in [5, 5.41) is 3.64. The van der Waals surface area contributed by atoms with Crippen LogP contribution in [0.4, 0.5) is 11.4 Å². The lowest BCUT2D eigenvalue weighted by atomic mass is 9.93. The number of rotatable bonds is 8. The van der Waals surface area contributed by atoms with Gasteiger partial charge in [0.1, 0.15) is 0 Å². The van der Waals surface area contributed by atoms with E-state index in [4.69, 9.17) is 14.7 Å². The summed E-state index contributed by atoms with van der Waals surface area (Å²) < 4.78 is 5.52. The topological polar surface area (TPSA) is 62.6 Å². The number of anilines is 2. The standard InChI is InChI=1S/C31H39N5O/c1-20(2)21(3)14-26-7-8-27(18-33-26)34-23(5)31-30-16-24(6-9-29(30)22(4)35-31)25-15-28(19-32-17-25)36-10-12-37-13-11-36/h6-9,15-23,34H,10-14H2,1-5H3/t21?,22-,23?/m0/s1. The summed E-state index contributed by atoms with van der Waals surface area (Å²) in [6.45, 7) is 14.5. The minimum Gasteiger partial charge on any atom is -0.378 e. The monoisotopic (exact) mass is 497 g/mol. The smallest absolute Gasteiger partial charge is 0.0731 e. The van der Waals surface area contributed by atoms with Crippen molar-refractivity contribution in [1.29, 1.82) is 0 Å². The van der Waals surface area contributed by atoms with E-state index >= 15 is 0 Å². The minimum absolute atomic E-state index is 0.0685. The predicted molar refractivity (Wildman–Crippen MR) is 153 cm³/mol. The van der Waals surface area contributed by atoms with Crippen LogP contribution in [0.2, 0.25) is 0 Å². The second-order valence-electron chi connectivity index (χ2n) is 10.9. The first-order valence-electron chi connectivity index (χ1n) is 13.6. The average molecular weight is 498 g/mol. The summed E-state index contributed by atoms with van der Waals surface area (Å²) in [5.41, 5.74) is 9.21. The van der Waals surface area contributed by atoms with E-state index < -0.39 is 0 Å². The number of nitrogens with zero attached hydrogens (tertiary/aromatic N) is 4. The molecule has 0 amide bonds. The third-order valence-electron chi connectivity index (χ3n) is 7.83. The van der Waals surface area contributed by atoms with Gasteiger partial charge in [0, 0.05) is 36.1 Å². The molecule has 1 saturated heterocycles. The molecule has 0 aliphatic carbocycles. The van der Waals surface area contributed by atoms with Crippen LogP contribution >= 0.6 is 0 Å². The first-order chi connectivity index (χ1) is 17.9. The lowest BCUT2D eigenvalue weighted by Gasteiger charge is -2.28. The number of ether oxygens (including phenoxy) is 1. The lowest BCUT2D eigenvalue weighted by molar-refractivity contribution is 0.122. The Morgan fingerprint density at radius 3 is 2.51 bits per heavy atom. The number of aliphatic imine (C=N–C) groups is 1. The van der Waals surface area contributed by atoms with Crippen LogP contribution in [-0.4, -0.2) is 48.0 Å². The molecule has 6 nitrogen and oxygen atoms in total. The van der Waals surface area contributed by atoms with Crippen LogP contribution in [0.5, 0.6) is 0 Å². The highest BCUT2D eigenvalue weighted by Gasteiger charge is 2.26. The van der Waals surface area contributed by atoms with Gasteiger partial charge in [-0.3, -0.25) is 15.0 Å². The van der Waals surface area contributed by atoms with Gasteiger partial charge in [-0.05, 0) is 67.5 Å². The van der Waals surface area contributed by atoms with Gasteiger partial charge in [0.15, 0.2) is 0 Å². The van der Waals surface area contributed by atoms with Crippen LogP contribution in [0.25, 0.3) is 11.1 Å². The van der Waals surface area contributed by atoms with Gasteiger partial charge in [-0.2, -0.15) is 0 Å². The highest BCUT2D eigenvalue weighted by atomic mass is 16.5. The number of fused-ring (bicyclic) bond motifs is 1. The number of aromatic nitrogens is 2. The molecule has 5 rings (SSSR count). The van der Waals surface area contributed by atoms with Gasteiger partial charge < -0.3 is 15.0 Å². The molecule has 0 saturated carbocycles. The molecule has 0 spiro atoms. The summed E-state index contributed by atoms with van der Waals surface area (Å²) in [4.78, 5) is 16.7. The molecule has 0 radical (unpaired) electrons. The summed E-state index contributed by atoms with van der Waals surface area (Å²) in [6.07, 6.45) is 6.87. The van der Waals surface area contributed by atoms with E-state index in [9.17, 15) is 0 Å². The third-order valence-corrected chi connectivity index (χ3v) is 7.83. The van der Waals surface area contributed by atoms with E-state index in [1.807, 2.05) is 18.6 Å². The van der Waals surface area contributed by atoms with Crippen molar-refractivity contribution in [3.05, 3.63) is 71.8 Å². The maximum Gasteiger partial charge on any atom is 0.0731 e. The summed E-state index contributed by atoms with van der Waals surface area (Å²) >= 11 is 0. The Hall–Kier alpha value is -3.25. The zero-order chi connectivity index (χ0) is 25.9. The lowest BCUT2D eigenvalue weighted by Crippen LogP contribution is -2.36. The molecule has 3 atom stereocenters. The Morgan fingerprint density at radius 1 is 0.973 bits per heavy atom. The Balaban J connectivity index is 1.33. The van der Waals surface area contributed by atoms with Gasteiger partial charge in [0.05, 0.1) is 54.8 Å². The molecule has 3 aromatic rings. The van der Waals surface area contributed by atoms with Crippen LogP contribution in [0.15, 0.2) is 60.0 Å². The fourth-order valence-corrected chi connectivity index (χ4v) is 5.11. The first-order valence-corrected chi connectivity index (χ1v) is 13.6. The Kier molecular flexibility index (Phi) is 7.56. The molecule has 1 fully saturated rings. The fraction of sp³-hybridized carbons (Fsp3) is 0.452. The summed E-state index contributed by atoms with van der Waals surface area (Å²) in [5.74, 6) is 1.28. The Bertz CT molecular complexity index is 1250. The second-order valence-corrected chi connectivity index (χ2v) is 10.9. The summed E-state index contributed by atoms with van der Waals surface area (Å²) in [7, 11) is 0. The molecule has 6 heteroatoms. The molecule has 1 aromatic carbocycles. The molecule has 4 heterocycles. The second kappa shape index (κ2) is 11.0. The number of pyridine rings is 2. The van der Waals surface area contributed by atoms with Crippen molar-refractivity contribution in [2.24, 2.45) is 16.8 Å². The summed E-state index contributed by atoms with van der Waals surface area (Å²) in [6, 6.07) is 13.5. The molecular formula is C31H39N5O. The highest BCUT2D eigenvalue weighted by Crippen LogP contribution is 2.35. The predicted octanol–water partition coefficient (Wildman–Crippen LogP) is 6.18. The quantitative estimate of drug-likeness (QED) is 0.403. The van der Waals surface area contributed by atoms with E-state index in [1.165, 1.54) is 16.7 Å². The van der Waals surface area contributed by atoms with Crippen LogP contribution in [0.3, 0.4) is 0 Å². The molecule has 37 heavy (non-hydrogen) atoms. The normalized spacial score (nSPS) is 18.9. The van der Waals surface area contributed by atoms with E-state index in [2.05, 4.69) is 86.2 Å². The van der Waals surface area contributed by atoms with Crippen molar-refractivity contribution in [1.82, 2.24) is 9.97 Å². The zero-order valence-corrected chi connectivity index (χ0v) is 22.7. The molecule has 2 aliphatic rings. The van der Waals surface area contributed by atoms with Crippen LogP contribution in [0.1, 0.15) is 57.5 Å². The van der Waals surface area contributed by atoms with Gasteiger partial charge in [-0.25, -0.2) is 0 Å². The minimum atomic E-state index is 0.0685. The van der Waals surface area contributed by atoms with Crippen molar-refractivity contribution in [3.8, 4) is 11.1 Å². The van der Waals surface area contributed by atoms with Gasteiger partial charge >= 0.3 is 0 Å². The molecule has 2 aromatic heterocycles. The number of nitrogens with one attached hydrogen (secondary N) is 1. The SMILES string of the molecule is CC(Nc1ccc(CC(C)C(C)C)nc1)C1=N[C@@H](C)c2ccc(-c3cncc(N4CCOCC4)c3)cc21. The van der Waals surface area contributed by atoms with Crippen molar-refractivity contribution in [2.75, 3.05) is 36.5 Å². The van der Waals surface area contributed by atoms with Crippen molar-refractivity contribution < 1.29 is 4.74 Å². The van der Waals surface area contributed by atoms with E-state index in [1.54, 1.807) is 0 Å². The van der Waals surface area contributed by atoms with Gasteiger partial charge in [0.2, 0.25) is 0 Å². The van der Waals surface area contributed by atoms with Gasteiger partial charge in [0.25, 0.3) is 0 Å². The Labute approximate surface area is 221 Å². The van der Waals surface area contributed by atoms with Gasteiger partial charge in [-0.1, -0.05) is 32.9 Å². The average Bonchev–Trinajstić information content (AvgIpc) is 3.26. The Morgan fingerprint density at radius 2 is 1.78 bits per heavy atom. The van der Waals surface area contributed by atoms with Crippen LogP contribution < -0.4 is 10.2 Å². The first kappa shape index (κ1) is 25.4. The molecule has 2 unspecified atom stereocenters. The molecular weight excluding hydrogens is 458 g/mol. The molecule has 0 bridgehead atoms. The number of benzene rings is 1. The molecule has 1 N–H and O–H groups in total. The third kappa shape index (κ3) is 5.69. The molecule has 194 valence electrons. The highest BCUT2D eigenvalue weighted by molar-refractivity contribution is 6.09. The zero-order valence-electron chi connectivity index (χ0n) is 22.7. The van der Waals surface area contributed by atoms with Crippen LogP contribution in [0, 0.1) is 11.8 Å². The largest absolute Gasteiger partial charge is 0.378 e. The molecule has 2 aliphatic heterocycles. The fourth-order valence-electron chi connectivity index (χ4n) is 5.11. The van der Waals surface area contributed by atoms with E-state index in [-0.39, 0.29) is 12.1 Å². The number of hydrogen-bond acceptors (Lipinski definition) is 6.